The van der Waals surface area contributed by atoms with Gasteiger partial charge in [-0.25, -0.2) is 4.68 Å². The Kier molecular flexibility index (Phi) is 4.58. The number of aromatic nitrogens is 2. The van der Waals surface area contributed by atoms with E-state index >= 15 is 0 Å². The van der Waals surface area contributed by atoms with Crippen molar-refractivity contribution >= 4 is 12.0 Å². The molecule has 2 aromatic rings. The third kappa shape index (κ3) is 4.31. The first kappa shape index (κ1) is 15.0. The van der Waals surface area contributed by atoms with Gasteiger partial charge in [0.05, 0.1) is 11.9 Å². The summed E-state index contributed by atoms with van der Waals surface area (Å²) in [6.07, 6.45) is 7.83. The first-order chi connectivity index (χ1) is 10.00. The zero-order valence-corrected chi connectivity index (χ0v) is 12.7. The summed E-state index contributed by atoms with van der Waals surface area (Å²) in [6.45, 7) is 6.06. The molecule has 0 bridgehead atoms. The molecule has 1 amide bonds. The van der Waals surface area contributed by atoms with E-state index in [9.17, 15) is 4.79 Å². The maximum atomic E-state index is 11.8. The Balaban J connectivity index is 2.03. The second kappa shape index (κ2) is 6.39. The van der Waals surface area contributed by atoms with Gasteiger partial charge in [-0.3, -0.25) is 4.79 Å². The molecule has 0 aliphatic heterocycles. The highest BCUT2D eigenvalue weighted by molar-refractivity contribution is 5.92. The molecule has 0 fully saturated rings. The van der Waals surface area contributed by atoms with Crippen LogP contribution < -0.4 is 5.32 Å². The number of amides is 1. The van der Waals surface area contributed by atoms with E-state index in [2.05, 4.69) is 10.4 Å². The molecule has 21 heavy (non-hydrogen) atoms. The number of para-hydroxylation sites is 1. The Labute approximate surface area is 125 Å². The quantitative estimate of drug-likeness (QED) is 0.857. The highest BCUT2D eigenvalue weighted by Gasteiger charge is 2.15. The fourth-order valence-corrected chi connectivity index (χ4v) is 1.78. The first-order valence-corrected chi connectivity index (χ1v) is 7.10. The Bertz CT molecular complexity index is 626. The Morgan fingerprint density at radius 3 is 2.71 bits per heavy atom. The van der Waals surface area contributed by atoms with Crippen molar-refractivity contribution in [3.05, 3.63) is 54.4 Å². The van der Waals surface area contributed by atoms with Crippen LogP contribution in [0.3, 0.4) is 0 Å². The average Bonchev–Trinajstić information content (AvgIpc) is 2.95. The van der Waals surface area contributed by atoms with Crippen LogP contribution in [0.15, 0.2) is 48.8 Å². The molecule has 0 spiro atoms. The first-order valence-electron chi connectivity index (χ1n) is 7.10. The lowest BCUT2D eigenvalue weighted by molar-refractivity contribution is -0.117. The lowest BCUT2D eigenvalue weighted by Crippen LogP contribution is -2.41. The minimum absolute atomic E-state index is 0.0886. The number of rotatable bonds is 5. The second-order valence-corrected chi connectivity index (χ2v) is 5.61. The number of benzene rings is 1. The van der Waals surface area contributed by atoms with Gasteiger partial charge in [-0.05, 0) is 38.5 Å². The fourth-order valence-electron chi connectivity index (χ4n) is 1.78. The Morgan fingerprint density at radius 1 is 1.33 bits per heavy atom. The second-order valence-electron chi connectivity index (χ2n) is 5.61. The third-order valence-corrected chi connectivity index (χ3v) is 3.40. The number of carbonyl (C=O) groups excluding carboxylic acids is 1. The monoisotopic (exact) mass is 283 g/mol. The van der Waals surface area contributed by atoms with Crippen molar-refractivity contribution in [2.75, 3.05) is 0 Å². The molecule has 2 rings (SSSR count). The van der Waals surface area contributed by atoms with Gasteiger partial charge in [0, 0.05) is 23.4 Å². The topological polar surface area (TPSA) is 46.9 Å². The van der Waals surface area contributed by atoms with Gasteiger partial charge in [-0.15, -0.1) is 0 Å². The van der Waals surface area contributed by atoms with Gasteiger partial charge in [0.1, 0.15) is 0 Å². The van der Waals surface area contributed by atoms with Crippen LogP contribution in [0.1, 0.15) is 32.8 Å². The summed E-state index contributed by atoms with van der Waals surface area (Å²) >= 11 is 0. The van der Waals surface area contributed by atoms with Crippen LogP contribution in [0.4, 0.5) is 0 Å². The van der Waals surface area contributed by atoms with E-state index in [1.807, 2.05) is 57.3 Å². The van der Waals surface area contributed by atoms with E-state index in [1.54, 1.807) is 23.0 Å². The molecule has 0 radical (unpaired) electrons. The molecular weight excluding hydrogens is 262 g/mol. The summed E-state index contributed by atoms with van der Waals surface area (Å²) < 4.78 is 1.79. The molecule has 0 saturated carbocycles. The normalized spacial score (nSPS) is 11.8. The largest absolute Gasteiger partial charge is 0.348 e. The van der Waals surface area contributed by atoms with Crippen molar-refractivity contribution in [3.63, 3.8) is 0 Å². The van der Waals surface area contributed by atoms with E-state index in [0.29, 0.717) is 0 Å². The smallest absolute Gasteiger partial charge is 0.244 e. The number of hydrogen-bond donors (Lipinski definition) is 1. The highest BCUT2D eigenvalue weighted by atomic mass is 16.1. The van der Waals surface area contributed by atoms with Gasteiger partial charge in [-0.2, -0.15) is 5.10 Å². The minimum atomic E-state index is -0.185. The molecule has 0 aliphatic carbocycles. The number of hydrogen-bond acceptors (Lipinski definition) is 2. The van der Waals surface area contributed by atoms with Crippen molar-refractivity contribution in [3.8, 4) is 5.69 Å². The minimum Gasteiger partial charge on any atom is -0.348 e. The van der Waals surface area contributed by atoms with Crippen LogP contribution in [0.5, 0.6) is 0 Å². The summed E-state index contributed by atoms with van der Waals surface area (Å²) in [5.74, 6) is -0.0886. The molecule has 0 atom stereocenters. The molecular formula is C17H21N3O. The summed E-state index contributed by atoms with van der Waals surface area (Å²) in [5.41, 5.74) is 1.70. The Hall–Kier alpha value is -2.36. The van der Waals surface area contributed by atoms with Gasteiger partial charge in [-0.1, -0.05) is 25.1 Å². The van der Waals surface area contributed by atoms with Gasteiger partial charge in [0.15, 0.2) is 0 Å². The molecule has 1 aromatic heterocycles. The summed E-state index contributed by atoms with van der Waals surface area (Å²) in [6, 6.07) is 9.86. The van der Waals surface area contributed by atoms with E-state index in [1.165, 1.54) is 0 Å². The van der Waals surface area contributed by atoms with Gasteiger partial charge >= 0.3 is 0 Å². The molecule has 1 heterocycles. The van der Waals surface area contributed by atoms with Gasteiger partial charge in [0.25, 0.3) is 0 Å². The van der Waals surface area contributed by atoms with E-state index in [4.69, 9.17) is 0 Å². The molecule has 4 nitrogen and oxygen atoms in total. The number of nitrogens with one attached hydrogen (secondary N) is 1. The van der Waals surface area contributed by atoms with Crippen molar-refractivity contribution in [1.29, 1.82) is 0 Å². The van der Waals surface area contributed by atoms with Crippen molar-refractivity contribution in [2.24, 2.45) is 0 Å². The predicted octanol–water partition coefficient (Wildman–Crippen LogP) is 3.19. The Morgan fingerprint density at radius 2 is 2.05 bits per heavy atom. The lowest BCUT2D eigenvalue weighted by Gasteiger charge is -2.23. The lowest BCUT2D eigenvalue weighted by atomic mass is 10.0. The SMILES string of the molecule is CCC(C)(C)NC(=O)/C=C/c1cnn(-c2ccccc2)c1. The standard InChI is InChI=1S/C17H21N3O/c1-4-17(2,3)19-16(21)11-10-14-12-18-20(13-14)15-8-6-5-7-9-15/h5-13H,4H2,1-3H3,(H,19,21)/b11-10+. The third-order valence-electron chi connectivity index (χ3n) is 3.40. The van der Waals surface area contributed by atoms with Gasteiger partial charge in [0.2, 0.25) is 5.91 Å². The molecule has 4 heteroatoms. The zero-order chi connectivity index (χ0) is 15.3. The number of carbonyl (C=O) groups is 1. The highest BCUT2D eigenvalue weighted by Crippen LogP contribution is 2.09. The van der Waals surface area contributed by atoms with Crippen molar-refractivity contribution in [2.45, 2.75) is 32.7 Å². The van der Waals surface area contributed by atoms with Crippen LogP contribution in [0.25, 0.3) is 11.8 Å². The molecule has 0 saturated heterocycles. The number of nitrogens with zero attached hydrogens (tertiary/aromatic N) is 2. The summed E-state index contributed by atoms with van der Waals surface area (Å²) in [7, 11) is 0. The van der Waals surface area contributed by atoms with Crippen LogP contribution in [0, 0.1) is 0 Å². The molecule has 1 aromatic carbocycles. The van der Waals surface area contributed by atoms with E-state index in [-0.39, 0.29) is 11.4 Å². The van der Waals surface area contributed by atoms with Crippen molar-refractivity contribution < 1.29 is 4.79 Å². The average molecular weight is 283 g/mol. The van der Waals surface area contributed by atoms with Crippen LogP contribution in [-0.4, -0.2) is 21.2 Å². The van der Waals surface area contributed by atoms with E-state index in [0.717, 1.165) is 17.7 Å². The fraction of sp³-hybridized carbons (Fsp3) is 0.294. The maximum Gasteiger partial charge on any atom is 0.244 e. The summed E-state index contributed by atoms with van der Waals surface area (Å²) in [4.78, 5) is 11.8. The summed E-state index contributed by atoms with van der Waals surface area (Å²) in [5, 5.41) is 7.25. The molecule has 1 N–H and O–H groups in total. The van der Waals surface area contributed by atoms with Crippen LogP contribution in [-0.2, 0) is 4.79 Å². The van der Waals surface area contributed by atoms with Crippen LogP contribution in [0.2, 0.25) is 0 Å². The van der Waals surface area contributed by atoms with Crippen molar-refractivity contribution in [1.82, 2.24) is 15.1 Å². The molecule has 110 valence electrons. The van der Waals surface area contributed by atoms with Gasteiger partial charge < -0.3 is 5.32 Å². The zero-order valence-electron chi connectivity index (χ0n) is 12.7. The van der Waals surface area contributed by atoms with Crippen LogP contribution >= 0.6 is 0 Å². The van der Waals surface area contributed by atoms with E-state index < -0.39 is 0 Å². The maximum absolute atomic E-state index is 11.8. The predicted molar refractivity (Wildman–Crippen MR) is 85.1 cm³/mol. The molecule has 0 unspecified atom stereocenters. The molecule has 0 aliphatic rings.